The summed E-state index contributed by atoms with van der Waals surface area (Å²) in [6.45, 7) is 0.232. The summed E-state index contributed by atoms with van der Waals surface area (Å²) in [5.74, 6) is -0.440. The predicted molar refractivity (Wildman–Crippen MR) is 108 cm³/mol. The molecule has 1 heterocycles. The SMILES string of the molecule is O=C(CCNC(=O)c1ccc(Cl)cc1)Nc1cccc(-n2cc[nH]c2=S)c1. The van der Waals surface area contributed by atoms with Crippen molar-refractivity contribution < 1.29 is 9.59 Å². The van der Waals surface area contributed by atoms with Crippen molar-refractivity contribution in [1.29, 1.82) is 0 Å². The van der Waals surface area contributed by atoms with Gasteiger partial charge in [0.25, 0.3) is 5.91 Å². The molecule has 3 rings (SSSR count). The second kappa shape index (κ2) is 8.66. The molecule has 0 saturated carbocycles. The molecule has 0 aliphatic rings. The van der Waals surface area contributed by atoms with Gasteiger partial charge < -0.3 is 15.6 Å². The van der Waals surface area contributed by atoms with Crippen LogP contribution in [0.4, 0.5) is 5.69 Å². The Morgan fingerprint density at radius 1 is 1.15 bits per heavy atom. The molecular formula is C19H17ClN4O2S. The lowest BCUT2D eigenvalue weighted by atomic mass is 10.2. The molecule has 6 nitrogen and oxygen atoms in total. The molecule has 0 aliphatic heterocycles. The van der Waals surface area contributed by atoms with Crippen molar-refractivity contribution in [2.45, 2.75) is 6.42 Å². The number of carbonyl (C=O) groups excluding carboxylic acids is 2. The van der Waals surface area contributed by atoms with Crippen LogP contribution in [0.25, 0.3) is 5.69 Å². The van der Waals surface area contributed by atoms with Gasteiger partial charge in [0.2, 0.25) is 5.91 Å². The highest BCUT2D eigenvalue weighted by molar-refractivity contribution is 7.71. The molecule has 27 heavy (non-hydrogen) atoms. The number of aromatic amines is 1. The molecule has 0 bridgehead atoms. The molecule has 0 unspecified atom stereocenters. The number of anilines is 1. The zero-order valence-electron chi connectivity index (χ0n) is 14.2. The van der Waals surface area contributed by atoms with E-state index in [1.807, 2.05) is 24.4 Å². The molecule has 2 amide bonds. The summed E-state index contributed by atoms with van der Waals surface area (Å²) in [4.78, 5) is 27.1. The van der Waals surface area contributed by atoms with Gasteiger partial charge in [-0.1, -0.05) is 17.7 Å². The van der Waals surface area contributed by atoms with E-state index in [2.05, 4.69) is 15.6 Å². The molecule has 0 saturated heterocycles. The minimum Gasteiger partial charge on any atom is -0.352 e. The first-order chi connectivity index (χ1) is 13.0. The lowest BCUT2D eigenvalue weighted by molar-refractivity contribution is -0.116. The zero-order valence-corrected chi connectivity index (χ0v) is 15.8. The number of hydrogen-bond donors (Lipinski definition) is 3. The Morgan fingerprint density at radius 3 is 2.63 bits per heavy atom. The smallest absolute Gasteiger partial charge is 0.251 e. The Balaban J connectivity index is 1.52. The Kier molecular flexibility index (Phi) is 6.05. The Bertz CT molecular complexity index is 1010. The summed E-state index contributed by atoms with van der Waals surface area (Å²) in [6.07, 6.45) is 3.72. The summed E-state index contributed by atoms with van der Waals surface area (Å²) >= 11 is 11.0. The minimum atomic E-state index is -0.247. The van der Waals surface area contributed by atoms with Crippen molar-refractivity contribution in [3.05, 3.63) is 76.3 Å². The summed E-state index contributed by atoms with van der Waals surface area (Å²) in [5.41, 5.74) is 2.00. The van der Waals surface area contributed by atoms with E-state index in [4.69, 9.17) is 23.8 Å². The normalized spacial score (nSPS) is 10.4. The van der Waals surface area contributed by atoms with E-state index >= 15 is 0 Å². The van der Waals surface area contributed by atoms with E-state index < -0.39 is 0 Å². The van der Waals surface area contributed by atoms with Crippen LogP contribution in [0, 0.1) is 4.77 Å². The number of carbonyl (C=O) groups is 2. The van der Waals surface area contributed by atoms with Gasteiger partial charge in [0.05, 0.1) is 0 Å². The third kappa shape index (κ3) is 5.06. The molecule has 0 radical (unpaired) electrons. The van der Waals surface area contributed by atoms with Crippen molar-refractivity contribution in [2.24, 2.45) is 0 Å². The number of nitrogens with zero attached hydrogens (tertiary/aromatic N) is 1. The van der Waals surface area contributed by atoms with E-state index in [1.165, 1.54) is 0 Å². The van der Waals surface area contributed by atoms with Crippen LogP contribution < -0.4 is 10.6 Å². The molecular weight excluding hydrogens is 384 g/mol. The number of halogens is 1. The van der Waals surface area contributed by atoms with Crippen molar-refractivity contribution in [2.75, 3.05) is 11.9 Å². The molecule has 2 aromatic carbocycles. The molecule has 0 fully saturated rings. The van der Waals surface area contributed by atoms with Crippen LogP contribution in [0.2, 0.25) is 5.02 Å². The van der Waals surface area contributed by atoms with Crippen LogP contribution in [0.15, 0.2) is 60.9 Å². The third-order valence-corrected chi connectivity index (χ3v) is 4.37. The number of hydrogen-bond acceptors (Lipinski definition) is 3. The molecule has 1 aromatic heterocycles. The van der Waals surface area contributed by atoms with Crippen LogP contribution in [0.3, 0.4) is 0 Å². The topological polar surface area (TPSA) is 78.9 Å². The Hall–Kier alpha value is -2.90. The fourth-order valence-corrected chi connectivity index (χ4v) is 2.83. The second-order valence-corrected chi connectivity index (χ2v) is 6.57. The fraction of sp³-hybridized carbons (Fsp3) is 0.105. The van der Waals surface area contributed by atoms with Gasteiger partial charge in [0.15, 0.2) is 4.77 Å². The van der Waals surface area contributed by atoms with Crippen molar-refractivity contribution >= 4 is 41.3 Å². The number of benzene rings is 2. The molecule has 0 aliphatic carbocycles. The Labute approximate surface area is 166 Å². The standard InChI is InChI=1S/C19H17ClN4O2S/c20-14-6-4-13(5-7-14)18(26)21-9-8-17(25)23-15-2-1-3-16(12-15)24-11-10-22-19(24)27/h1-7,10-12H,8-9H2,(H,21,26)(H,22,27)(H,23,25). The van der Waals surface area contributed by atoms with Gasteiger partial charge in [-0.15, -0.1) is 0 Å². The van der Waals surface area contributed by atoms with Gasteiger partial charge in [0.1, 0.15) is 0 Å². The van der Waals surface area contributed by atoms with Gasteiger partial charge >= 0.3 is 0 Å². The van der Waals surface area contributed by atoms with Crippen LogP contribution in [0.5, 0.6) is 0 Å². The van der Waals surface area contributed by atoms with Crippen LogP contribution in [0.1, 0.15) is 16.8 Å². The molecule has 8 heteroatoms. The lowest BCUT2D eigenvalue weighted by Crippen LogP contribution is -2.27. The first-order valence-corrected chi connectivity index (χ1v) is 9.01. The number of imidazole rings is 1. The predicted octanol–water partition coefficient (Wildman–Crippen LogP) is 3.95. The first-order valence-electron chi connectivity index (χ1n) is 8.23. The largest absolute Gasteiger partial charge is 0.352 e. The maximum Gasteiger partial charge on any atom is 0.251 e. The van der Waals surface area contributed by atoms with E-state index in [-0.39, 0.29) is 24.8 Å². The van der Waals surface area contributed by atoms with Gasteiger partial charge in [-0.3, -0.25) is 14.2 Å². The fourth-order valence-electron chi connectivity index (χ4n) is 2.47. The summed E-state index contributed by atoms with van der Waals surface area (Å²) in [7, 11) is 0. The number of aromatic nitrogens is 2. The molecule has 0 spiro atoms. The zero-order chi connectivity index (χ0) is 19.2. The number of H-pyrrole nitrogens is 1. The van der Waals surface area contributed by atoms with Gasteiger partial charge in [-0.2, -0.15) is 0 Å². The van der Waals surface area contributed by atoms with Crippen molar-refractivity contribution in [3.63, 3.8) is 0 Å². The quantitative estimate of drug-likeness (QED) is 0.548. The van der Waals surface area contributed by atoms with Crippen LogP contribution >= 0.6 is 23.8 Å². The van der Waals surface area contributed by atoms with Crippen molar-refractivity contribution in [3.8, 4) is 5.69 Å². The van der Waals surface area contributed by atoms with Crippen LogP contribution in [-0.4, -0.2) is 27.9 Å². The molecule has 0 atom stereocenters. The van der Waals surface area contributed by atoms with Gasteiger partial charge in [0, 0.05) is 47.3 Å². The number of nitrogens with one attached hydrogen (secondary N) is 3. The summed E-state index contributed by atoms with van der Waals surface area (Å²) in [6, 6.07) is 13.9. The number of rotatable bonds is 6. The lowest BCUT2D eigenvalue weighted by Gasteiger charge is -2.09. The highest BCUT2D eigenvalue weighted by atomic mass is 35.5. The molecule has 3 N–H and O–H groups in total. The van der Waals surface area contributed by atoms with E-state index in [0.29, 0.717) is 21.0 Å². The van der Waals surface area contributed by atoms with E-state index in [1.54, 1.807) is 41.1 Å². The van der Waals surface area contributed by atoms with Gasteiger partial charge in [-0.05, 0) is 54.7 Å². The molecule has 138 valence electrons. The second-order valence-electron chi connectivity index (χ2n) is 5.75. The van der Waals surface area contributed by atoms with Gasteiger partial charge in [-0.25, -0.2) is 0 Å². The monoisotopic (exact) mass is 400 g/mol. The number of amides is 2. The average Bonchev–Trinajstić information content (AvgIpc) is 3.08. The average molecular weight is 401 g/mol. The van der Waals surface area contributed by atoms with Crippen LogP contribution in [-0.2, 0) is 4.79 Å². The van der Waals surface area contributed by atoms with E-state index in [0.717, 1.165) is 5.69 Å². The third-order valence-electron chi connectivity index (χ3n) is 3.80. The first kappa shape index (κ1) is 18.9. The van der Waals surface area contributed by atoms with Crippen molar-refractivity contribution in [1.82, 2.24) is 14.9 Å². The Morgan fingerprint density at radius 2 is 1.93 bits per heavy atom. The maximum atomic E-state index is 12.1. The highest BCUT2D eigenvalue weighted by Crippen LogP contribution is 2.15. The highest BCUT2D eigenvalue weighted by Gasteiger charge is 2.08. The minimum absolute atomic E-state index is 0.160. The summed E-state index contributed by atoms with van der Waals surface area (Å²) < 4.78 is 2.38. The summed E-state index contributed by atoms with van der Waals surface area (Å²) in [5, 5.41) is 6.09. The maximum absolute atomic E-state index is 12.1. The molecule has 3 aromatic rings. The van der Waals surface area contributed by atoms with E-state index in [9.17, 15) is 9.59 Å².